The van der Waals surface area contributed by atoms with Gasteiger partial charge in [-0.15, -0.1) is 0 Å². The SMILES string of the molecule is CC1CC(NCCC(C)(C)C(N)=NO)CCN1C. The summed E-state index contributed by atoms with van der Waals surface area (Å²) < 4.78 is 0. The molecule has 0 aromatic rings. The Labute approximate surface area is 110 Å². The molecule has 0 radical (unpaired) electrons. The molecule has 0 aromatic heterocycles. The van der Waals surface area contributed by atoms with Crippen LogP contribution in [0.1, 0.15) is 40.0 Å². The zero-order valence-electron chi connectivity index (χ0n) is 12.1. The summed E-state index contributed by atoms with van der Waals surface area (Å²) in [5, 5.41) is 15.4. The van der Waals surface area contributed by atoms with Gasteiger partial charge >= 0.3 is 0 Å². The van der Waals surface area contributed by atoms with Crippen LogP contribution in [-0.4, -0.2) is 48.2 Å². The molecule has 0 bridgehead atoms. The molecule has 1 heterocycles. The first kappa shape index (κ1) is 15.2. The van der Waals surface area contributed by atoms with Crippen LogP contribution in [0.15, 0.2) is 5.16 Å². The van der Waals surface area contributed by atoms with Crippen LogP contribution in [0.5, 0.6) is 0 Å². The van der Waals surface area contributed by atoms with E-state index in [0.29, 0.717) is 17.9 Å². The number of amidine groups is 1. The molecule has 0 spiro atoms. The van der Waals surface area contributed by atoms with Crippen LogP contribution in [-0.2, 0) is 0 Å². The van der Waals surface area contributed by atoms with Gasteiger partial charge in [-0.05, 0) is 46.3 Å². The van der Waals surface area contributed by atoms with Crippen molar-refractivity contribution in [3.8, 4) is 0 Å². The second-order valence-corrected chi connectivity index (χ2v) is 6.12. The molecule has 5 nitrogen and oxygen atoms in total. The third kappa shape index (κ3) is 4.14. The maximum atomic E-state index is 8.72. The van der Waals surface area contributed by atoms with Crippen molar-refractivity contribution in [2.75, 3.05) is 20.1 Å². The lowest BCUT2D eigenvalue weighted by molar-refractivity contribution is 0.167. The number of nitrogens with one attached hydrogen (secondary N) is 1. The van der Waals surface area contributed by atoms with Crippen molar-refractivity contribution in [1.82, 2.24) is 10.2 Å². The molecule has 0 saturated carbocycles. The minimum atomic E-state index is -0.251. The van der Waals surface area contributed by atoms with Crippen LogP contribution in [0.2, 0.25) is 0 Å². The molecule has 0 aromatic carbocycles. The summed E-state index contributed by atoms with van der Waals surface area (Å²) in [6, 6.07) is 1.24. The van der Waals surface area contributed by atoms with Gasteiger partial charge in [-0.2, -0.15) is 0 Å². The number of piperidine rings is 1. The van der Waals surface area contributed by atoms with Gasteiger partial charge in [0, 0.05) is 17.5 Å². The summed E-state index contributed by atoms with van der Waals surface area (Å²) in [6.07, 6.45) is 3.27. The zero-order valence-corrected chi connectivity index (χ0v) is 12.1. The molecule has 1 rings (SSSR count). The molecule has 0 amide bonds. The minimum Gasteiger partial charge on any atom is -0.409 e. The van der Waals surface area contributed by atoms with Crippen LogP contribution < -0.4 is 11.1 Å². The number of nitrogens with zero attached hydrogens (tertiary/aromatic N) is 2. The van der Waals surface area contributed by atoms with Gasteiger partial charge in [-0.3, -0.25) is 0 Å². The predicted molar refractivity (Wildman–Crippen MR) is 74.9 cm³/mol. The normalized spacial score (nSPS) is 27.4. The van der Waals surface area contributed by atoms with E-state index < -0.39 is 0 Å². The number of rotatable bonds is 5. The van der Waals surface area contributed by atoms with Gasteiger partial charge < -0.3 is 21.2 Å². The highest BCUT2D eigenvalue weighted by Crippen LogP contribution is 2.20. The molecule has 1 saturated heterocycles. The van der Waals surface area contributed by atoms with E-state index in [9.17, 15) is 0 Å². The second kappa shape index (κ2) is 6.38. The fourth-order valence-corrected chi connectivity index (χ4v) is 2.33. The van der Waals surface area contributed by atoms with Crippen molar-refractivity contribution in [2.24, 2.45) is 16.3 Å². The van der Waals surface area contributed by atoms with E-state index in [4.69, 9.17) is 10.9 Å². The van der Waals surface area contributed by atoms with Gasteiger partial charge in [0.1, 0.15) is 5.84 Å². The fraction of sp³-hybridized carbons (Fsp3) is 0.923. The van der Waals surface area contributed by atoms with Crippen molar-refractivity contribution in [3.05, 3.63) is 0 Å². The quantitative estimate of drug-likeness (QED) is 0.299. The first-order valence-electron chi connectivity index (χ1n) is 6.78. The van der Waals surface area contributed by atoms with Gasteiger partial charge in [0.25, 0.3) is 0 Å². The Morgan fingerprint density at radius 1 is 1.56 bits per heavy atom. The Kier molecular flexibility index (Phi) is 5.41. The molecule has 1 fully saturated rings. The Morgan fingerprint density at radius 3 is 2.78 bits per heavy atom. The first-order chi connectivity index (χ1) is 8.36. The minimum absolute atomic E-state index is 0.251. The molecule has 18 heavy (non-hydrogen) atoms. The number of nitrogens with two attached hydrogens (primary N) is 1. The molecule has 2 unspecified atom stereocenters. The summed E-state index contributed by atoms with van der Waals surface area (Å²) in [4.78, 5) is 2.40. The standard InChI is InChI=1S/C13H28N4O/c1-10-9-11(5-8-17(10)4)15-7-6-13(2,3)12(14)16-18/h10-11,15,18H,5-9H2,1-4H3,(H2,14,16). The van der Waals surface area contributed by atoms with E-state index in [2.05, 4.69) is 29.3 Å². The Morgan fingerprint density at radius 2 is 2.22 bits per heavy atom. The van der Waals surface area contributed by atoms with E-state index >= 15 is 0 Å². The van der Waals surface area contributed by atoms with Crippen LogP contribution in [0.3, 0.4) is 0 Å². The second-order valence-electron chi connectivity index (χ2n) is 6.12. The summed E-state index contributed by atoms with van der Waals surface area (Å²) in [6.45, 7) is 8.34. The average molecular weight is 256 g/mol. The Balaban J connectivity index is 2.30. The molecule has 4 N–H and O–H groups in total. The van der Waals surface area contributed by atoms with E-state index in [-0.39, 0.29) is 5.41 Å². The van der Waals surface area contributed by atoms with E-state index in [0.717, 1.165) is 19.5 Å². The molecule has 5 heteroatoms. The lowest BCUT2D eigenvalue weighted by atomic mass is 9.87. The van der Waals surface area contributed by atoms with Crippen LogP contribution in [0, 0.1) is 5.41 Å². The average Bonchev–Trinajstić information content (AvgIpc) is 2.32. The van der Waals surface area contributed by atoms with E-state index in [1.54, 1.807) is 0 Å². The first-order valence-corrected chi connectivity index (χ1v) is 6.78. The molecular formula is C13H28N4O. The van der Waals surface area contributed by atoms with Crippen molar-refractivity contribution in [1.29, 1.82) is 0 Å². The van der Waals surface area contributed by atoms with Gasteiger partial charge in [0.2, 0.25) is 0 Å². The summed E-state index contributed by atoms with van der Waals surface area (Å²) in [7, 11) is 2.18. The Bertz CT molecular complexity index is 291. The molecule has 1 aliphatic rings. The maximum Gasteiger partial charge on any atom is 0.144 e. The molecule has 1 aliphatic heterocycles. The van der Waals surface area contributed by atoms with Crippen molar-refractivity contribution in [2.45, 2.75) is 52.1 Å². The number of likely N-dealkylation sites (tertiary alicyclic amines) is 1. The van der Waals surface area contributed by atoms with Gasteiger partial charge in [0.05, 0.1) is 0 Å². The zero-order chi connectivity index (χ0) is 13.8. The molecular weight excluding hydrogens is 228 g/mol. The fourth-order valence-electron chi connectivity index (χ4n) is 2.33. The smallest absolute Gasteiger partial charge is 0.144 e. The highest BCUT2D eigenvalue weighted by atomic mass is 16.4. The highest BCUT2D eigenvalue weighted by Gasteiger charge is 2.25. The topological polar surface area (TPSA) is 73.9 Å². The summed E-state index contributed by atoms with van der Waals surface area (Å²) in [5.74, 6) is 0.307. The van der Waals surface area contributed by atoms with Gasteiger partial charge in [-0.1, -0.05) is 19.0 Å². The number of oxime groups is 1. The third-order valence-electron chi connectivity index (χ3n) is 4.19. The highest BCUT2D eigenvalue weighted by molar-refractivity contribution is 5.85. The molecule has 0 aliphatic carbocycles. The lowest BCUT2D eigenvalue weighted by Gasteiger charge is -2.36. The van der Waals surface area contributed by atoms with E-state index in [1.807, 2.05) is 13.8 Å². The molecule has 106 valence electrons. The Hall–Kier alpha value is -0.810. The monoisotopic (exact) mass is 256 g/mol. The van der Waals surface area contributed by atoms with Crippen LogP contribution >= 0.6 is 0 Å². The number of hydrogen-bond acceptors (Lipinski definition) is 4. The third-order valence-corrected chi connectivity index (χ3v) is 4.19. The van der Waals surface area contributed by atoms with Crippen molar-refractivity contribution < 1.29 is 5.21 Å². The van der Waals surface area contributed by atoms with Crippen molar-refractivity contribution in [3.63, 3.8) is 0 Å². The largest absolute Gasteiger partial charge is 0.409 e. The molecule has 2 atom stereocenters. The van der Waals surface area contributed by atoms with Gasteiger partial charge in [-0.25, -0.2) is 0 Å². The van der Waals surface area contributed by atoms with Gasteiger partial charge in [0.15, 0.2) is 0 Å². The van der Waals surface area contributed by atoms with Crippen molar-refractivity contribution >= 4 is 5.84 Å². The predicted octanol–water partition coefficient (Wildman–Crippen LogP) is 1.22. The summed E-state index contributed by atoms with van der Waals surface area (Å²) >= 11 is 0. The number of hydrogen-bond donors (Lipinski definition) is 3. The maximum absolute atomic E-state index is 8.72. The lowest BCUT2D eigenvalue weighted by Crippen LogP contribution is -2.46. The van der Waals surface area contributed by atoms with E-state index in [1.165, 1.54) is 12.8 Å². The van der Waals surface area contributed by atoms with Crippen LogP contribution in [0.4, 0.5) is 0 Å². The van der Waals surface area contributed by atoms with Crippen LogP contribution in [0.25, 0.3) is 0 Å². The summed E-state index contributed by atoms with van der Waals surface area (Å²) in [5.41, 5.74) is 5.42.